The van der Waals surface area contributed by atoms with Crippen molar-refractivity contribution in [2.24, 2.45) is 0 Å². The monoisotopic (exact) mass is 325 g/mol. The number of nitriles is 1. The highest BCUT2D eigenvalue weighted by molar-refractivity contribution is 7.90. The molecule has 1 rings (SSSR count). The van der Waals surface area contributed by atoms with Gasteiger partial charge < -0.3 is 5.32 Å². The van der Waals surface area contributed by atoms with Crippen LogP contribution in [-0.2, 0) is 9.84 Å². The first-order chi connectivity index (χ1) is 10.0. The highest BCUT2D eigenvalue weighted by Gasteiger charge is 2.26. The predicted octanol–water partition coefficient (Wildman–Crippen LogP) is 1.42. The third kappa shape index (κ3) is 4.02. The van der Waals surface area contributed by atoms with Crippen LogP contribution in [-0.4, -0.2) is 31.0 Å². The average molecular weight is 325 g/mol. The highest BCUT2D eigenvalue weighted by atomic mass is 32.2. The van der Waals surface area contributed by atoms with E-state index >= 15 is 0 Å². The lowest BCUT2D eigenvalue weighted by Crippen LogP contribution is -2.44. The van der Waals surface area contributed by atoms with Gasteiger partial charge in [0.15, 0.2) is 9.84 Å². The zero-order valence-corrected chi connectivity index (χ0v) is 13.1. The van der Waals surface area contributed by atoms with Crippen LogP contribution in [0.5, 0.6) is 0 Å². The number of rotatable bonds is 5. The molecule has 0 fully saturated rings. The summed E-state index contributed by atoms with van der Waals surface area (Å²) in [5, 5.41) is 22.4. The Morgan fingerprint density at radius 1 is 1.45 bits per heavy atom. The number of carbonyl (C=O) groups is 1. The lowest BCUT2D eigenvalue weighted by Gasteiger charge is -2.21. The molecule has 1 aromatic rings. The van der Waals surface area contributed by atoms with E-state index in [9.17, 15) is 23.3 Å². The van der Waals surface area contributed by atoms with Gasteiger partial charge in [-0.25, -0.2) is 8.42 Å². The van der Waals surface area contributed by atoms with E-state index in [1.54, 1.807) is 6.92 Å². The van der Waals surface area contributed by atoms with Crippen molar-refractivity contribution in [1.29, 1.82) is 5.26 Å². The number of nitrogens with one attached hydrogen (secondary N) is 1. The number of nitrogens with zero attached hydrogens (tertiary/aromatic N) is 2. The number of non-ortho nitro benzene ring substituents is 1. The van der Waals surface area contributed by atoms with Gasteiger partial charge in [0.1, 0.15) is 5.54 Å². The summed E-state index contributed by atoms with van der Waals surface area (Å²) < 4.78 is 23.1. The molecule has 22 heavy (non-hydrogen) atoms. The Kier molecular flexibility index (Phi) is 4.88. The molecule has 0 aromatic heterocycles. The van der Waals surface area contributed by atoms with E-state index in [2.05, 4.69) is 5.32 Å². The molecule has 0 saturated carbocycles. The van der Waals surface area contributed by atoms with Gasteiger partial charge in [-0.15, -0.1) is 0 Å². The van der Waals surface area contributed by atoms with Gasteiger partial charge in [-0.3, -0.25) is 14.9 Å². The molecule has 1 amide bonds. The average Bonchev–Trinajstić information content (AvgIpc) is 2.45. The van der Waals surface area contributed by atoms with Crippen molar-refractivity contribution in [3.63, 3.8) is 0 Å². The van der Waals surface area contributed by atoms with Crippen LogP contribution < -0.4 is 5.32 Å². The van der Waals surface area contributed by atoms with Gasteiger partial charge in [0.25, 0.3) is 11.6 Å². The van der Waals surface area contributed by atoms with Crippen molar-refractivity contribution in [2.75, 3.05) is 6.26 Å². The molecule has 0 aliphatic heterocycles. The van der Waals surface area contributed by atoms with Crippen LogP contribution in [0.2, 0.25) is 0 Å². The number of benzene rings is 1. The van der Waals surface area contributed by atoms with Gasteiger partial charge in [-0.1, -0.05) is 6.92 Å². The quantitative estimate of drug-likeness (QED) is 0.643. The zero-order valence-electron chi connectivity index (χ0n) is 12.3. The number of carbonyl (C=O) groups excluding carboxylic acids is 1. The molecule has 1 atom stereocenters. The lowest BCUT2D eigenvalue weighted by molar-refractivity contribution is -0.385. The Morgan fingerprint density at radius 2 is 2.05 bits per heavy atom. The maximum Gasteiger partial charge on any atom is 0.271 e. The van der Waals surface area contributed by atoms with Crippen molar-refractivity contribution in [3.05, 3.63) is 33.9 Å². The molecule has 0 spiro atoms. The molecule has 0 radical (unpaired) electrons. The molecular weight excluding hydrogens is 310 g/mol. The van der Waals surface area contributed by atoms with Crippen LogP contribution in [0.25, 0.3) is 0 Å². The fourth-order valence-corrected chi connectivity index (χ4v) is 2.23. The Balaban J connectivity index is 3.36. The van der Waals surface area contributed by atoms with Crippen LogP contribution in [0.3, 0.4) is 0 Å². The number of nitro groups is 1. The van der Waals surface area contributed by atoms with Gasteiger partial charge in [-0.05, 0) is 19.4 Å². The Hall–Kier alpha value is -2.47. The topological polar surface area (TPSA) is 130 Å². The maximum absolute atomic E-state index is 12.2. The third-order valence-electron chi connectivity index (χ3n) is 3.14. The van der Waals surface area contributed by atoms with Gasteiger partial charge in [0.05, 0.1) is 15.9 Å². The Morgan fingerprint density at radius 3 is 2.45 bits per heavy atom. The molecule has 1 aromatic carbocycles. The molecule has 118 valence electrons. The van der Waals surface area contributed by atoms with Crippen LogP contribution in [0.1, 0.15) is 30.6 Å². The first-order valence-corrected chi connectivity index (χ1v) is 8.15. The number of amides is 1. The molecule has 0 heterocycles. The first kappa shape index (κ1) is 17.6. The molecule has 0 saturated heterocycles. The van der Waals surface area contributed by atoms with Gasteiger partial charge in [-0.2, -0.15) is 5.26 Å². The number of nitro benzene ring substituents is 1. The minimum absolute atomic E-state index is 0.190. The fraction of sp³-hybridized carbons (Fsp3) is 0.385. The van der Waals surface area contributed by atoms with Crippen LogP contribution in [0.15, 0.2) is 23.1 Å². The number of hydrogen-bond acceptors (Lipinski definition) is 6. The highest BCUT2D eigenvalue weighted by Crippen LogP contribution is 2.21. The summed E-state index contributed by atoms with van der Waals surface area (Å²) in [6.07, 6.45) is 1.21. The van der Waals surface area contributed by atoms with Gasteiger partial charge in [0.2, 0.25) is 0 Å². The van der Waals surface area contributed by atoms with E-state index in [0.29, 0.717) is 6.42 Å². The van der Waals surface area contributed by atoms with Crippen molar-refractivity contribution >= 4 is 21.4 Å². The van der Waals surface area contributed by atoms with E-state index in [0.717, 1.165) is 24.5 Å². The zero-order chi connectivity index (χ0) is 17.1. The second kappa shape index (κ2) is 6.11. The van der Waals surface area contributed by atoms with E-state index in [-0.39, 0.29) is 10.5 Å². The molecule has 1 N–H and O–H groups in total. The maximum atomic E-state index is 12.2. The predicted molar refractivity (Wildman–Crippen MR) is 78.0 cm³/mol. The van der Waals surface area contributed by atoms with Crippen molar-refractivity contribution in [2.45, 2.75) is 30.7 Å². The Labute approximate surface area is 127 Å². The van der Waals surface area contributed by atoms with E-state index in [4.69, 9.17) is 5.26 Å². The van der Waals surface area contributed by atoms with E-state index in [1.165, 1.54) is 6.92 Å². The molecule has 0 aliphatic rings. The third-order valence-corrected chi connectivity index (χ3v) is 4.23. The van der Waals surface area contributed by atoms with Crippen molar-refractivity contribution in [1.82, 2.24) is 5.32 Å². The summed E-state index contributed by atoms with van der Waals surface area (Å²) >= 11 is 0. The van der Waals surface area contributed by atoms with Crippen LogP contribution in [0, 0.1) is 21.4 Å². The minimum atomic E-state index is -3.72. The van der Waals surface area contributed by atoms with Crippen LogP contribution >= 0.6 is 0 Å². The summed E-state index contributed by atoms with van der Waals surface area (Å²) in [5.41, 5.74) is -1.85. The molecule has 0 aliphatic carbocycles. The second-order valence-electron chi connectivity index (χ2n) is 5.00. The second-order valence-corrected chi connectivity index (χ2v) is 7.01. The summed E-state index contributed by atoms with van der Waals surface area (Å²) in [6, 6.07) is 4.83. The number of sulfone groups is 1. The van der Waals surface area contributed by atoms with E-state index in [1.807, 2.05) is 6.07 Å². The Bertz CT molecular complexity index is 766. The summed E-state index contributed by atoms with van der Waals surface area (Å²) in [5.74, 6) is -0.750. The largest absolute Gasteiger partial charge is 0.334 e. The SMILES string of the molecule is CC[C@](C)(C#N)NC(=O)c1cc([N+](=O)[O-])cc(S(C)(=O)=O)c1. The fourth-order valence-electron chi connectivity index (χ4n) is 1.55. The van der Waals surface area contributed by atoms with Crippen molar-refractivity contribution in [3.8, 4) is 6.07 Å². The molecule has 8 nitrogen and oxygen atoms in total. The molecular formula is C13H15N3O5S. The normalized spacial score (nSPS) is 13.7. The van der Waals surface area contributed by atoms with Crippen LogP contribution in [0.4, 0.5) is 5.69 Å². The first-order valence-electron chi connectivity index (χ1n) is 6.25. The summed E-state index contributed by atoms with van der Waals surface area (Å²) in [7, 11) is -3.72. The lowest BCUT2D eigenvalue weighted by atomic mass is 10.0. The van der Waals surface area contributed by atoms with E-state index < -0.39 is 31.9 Å². The summed E-state index contributed by atoms with van der Waals surface area (Å²) in [4.78, 5) is 21.9. The van der Waals surface area contributed by atoms with Gasteiger partial charge in [0, 0.05) is 24.0 Å². The van der Waals surface area contributed by atoms with Crippen molar-refractivity contribution < 1.29 is 18.1 Å². The molecule has 0 bridgehead atoms. The number of hydrogen-bond donors (Lipinski definition) is 1. The smallest absolute Gasteiger partial charge is 0.271 e. The summed E-state index contributed by atoms with van der Waals surface area (Å²) in [6.45, 7) is 3.19. The minimum Gasteiger partial charge on any atom is -0.334 e. The molecule has 0 unspecified atom stereocenters. The molecule has 9 heteroatoms. The van der Waals surface area contributed by atoms with Gasteiger partial charge >= 0.3 is 0 Å². The standard InChI is InChI=1S/C13H15N3O5S/c1-4-13(2,8-14)15-12(17)9-5-10(16(18)19)7-11(6-9)22(3,20)21/h5-7H,4H2,1-3H3,(H,15,17)/t13-/m1/s1.